The number of terminal acetylenes is 1. The molecular formula is C20H22N2O3. The third-order valence-electron chi connectivity index (χ3n) is 3.67. The molecule has 0 spiro atoms. The van der Waals surface area contributed by atoms with E-state index in [1.165, 1.54) is 0 Å². The van der Waals surface area contributed by atoms with Gasteiger partial charge in [0.1, 0.15) is 12.4 Å². The molecule has 0 aliphatic rings. The van der Waals surface area contributed by atoms with Crippen molar-refractivity contribution in [2.24, 2.45) is 0 Å². The predicted molar refractivity (Wildman–Crippen MR) is 98.7 cm³/mol. The SMILES string of the molecule is C#CCOc1cccc(NC(=O)NCC(CCO)c2ccccc2)c1. The van der Waals surface area contributed by atoms with Gasteiger partial charge in [0.15, 0.2) is 0 Å². The van der Waals surface area contributed by atoms with Gasteiger partial charge in [0, 0.05) is 30.8 Å². The van der Waals surface area contributed by atoms with Crippen LogP contribution < -0.4 is 15.4 Å². The summed E-state index contributed by atoms with van der Waals surface area (Å²) in [6.07, 6.45) is 5.75. The highest BCUT2D eigenvalue weighted by Gasteiger charge is 2.12. The Morgan fingerprint density at radius 2 is 2.00 bits per heavy atom. The number of carbonyl (C=O) groups excluding carboxylic acids is 1. The standard InChI is InChI=1S/C20H22N2O3/c1-2-13-25-19-10-6-9-18(14-19)22-20(24)21-15-17(11-12-23)16-7-4-3-5-8-16/h1,3-10,14,17,23H,11-13,15H2,(H2,21,22,24). The van der Waals surface area contributed by atoms with Crippen molar-refractivity contribution >= 4 is 11.7 Å². The molecule has 0 heterocycles. The van der Waals surface area contributed by atoms with Crippen LogP contribution in [0.25, 0.3) is 0 Å². The number of benzene rings is 2. The zero-order valence-corrected chi connectivity index (χ0v) is 13.9. The van der Waals surface area contributed by atoms with Crippen LogP contribution in [-0.2, 0) is 0 Å². The summed E-state index contributed by atoms with van der Waals surface area (Å²) in [6, 6.07) is 16.5. The molecule has 0 aromatic heterocycles. The number of ether oxygens (including phenoxy) is 1. The van der Waals surface area contributed by atoms with Gasteiger partial charge in [-0.2, -0.15) is 0 Å². The number of anilines is 1. The normalized spacial score (nSPS) is 11.2. The summed E-state index contributed by atoms with van der Waals surface area (Å²) in [7, 11) is 0. The molecule has 3 N–H and O–H groups in total. The molecule has 1 atom stereocenters. The summed E-state index contributed by atoms with van der Waals surface area (Å²) in [6.45, 7) is 0.677. The maximum Gasteiger partial charge on any atom is 0.319 e. The first-order valence-electron chi connectivity index (χ1n) is 8.10. The van der Waals surface area contributed by atoms with Crippen molar-refractivity contribution in [2.75, 3.05) is 25.1 Å². The van der Waals surface area contributed by atoms with E-state index in [1.807, 2.05) is 30.3 Å². The van der Waals surface area contributed by atoms with E-state index in [9.17, 15) is 9.90 Å². The van der Waals surface area contributed by atoms with Gasteiger partial charge in [0.05, 0.1) is 0 Å². The van der Waals surface area contributed by atoms with Gasteiger partial charge in [-0.1, -0.05) is 42.3 Å². The van der Waals surface area contributed by atoms with Crippen molar-refractivity contribution in [3.8, 4) is 18.1 Å². The number of urea groups is 1. The second-order valence-electron chi connectivity index (χ2n) is 5.48. The van der Waals surface area contributed by atoms with Crippen LogP contribution in [0, 0.1) is 12.3 Å². The van der Waals surface area contributed by atoms with Crippen LogP contribution in [-0.4, -0.2) is 30.9 Å². The second-order valence-corrected chi connectivity index (χ2v) is 5.48. The number of carbonyl (C=O) groups is 1. The number of aliphatic hydroxyl groups excluding tert-OH is 1. The summed E-state index contributed by atoms with van der Waals surface area (Å²) in [5, 5.41) is 14.8. The molecule has 0 saturated heterocycles. The highest BCUT2D eigenvalue weighted by molar-refractivity contribution is 5.89. The van der Waals surface area contributed by atoms with Gasteiger partial charge in [-0.3, -0.25) is 0 Å². The van der Waals surface area contributed by atoms with Crippen LogP contribution in [0.15, 0.2) is 54.6 Å². The molecule has 0 radical (unpaired) electrons. The van der Waals surface area contributed by atoms with Crippen molar-refractivity contribution < 1.29 is 14.6 Å². The fraction of sp³-hybridized carbons (Fsp3) is 0.250. The topological polar surface area (TPSA) is 70.6 Å². The van der Waals surface area contributed by atoms with Crippen LogP contribution in [0.5, 0.6) is 5.75 Å². The monoisotopic (exact) mass is 338 g/mol. The summed E-state index contributed by atoms with van der Waals surface area (Å²) in [4.78, 5) is 12.1. The minimum Gasteiger partial charge on any atom is -0.481 e. The fourth-order valence-corrected chi connectivity index (χ4v) is 2.45. The van der Waals surface area contributed by atoms with E-state index < -0.39 is 0 Å². The van der Waals surface area contributed by atoms with E-state index in [0.29, 0.717) is 24.4 Å². The lowest BCUT2D eigenvalue weighted by molar-refractivity contribution is 0.248. The maximum absolute atomic E-state index is 12.1. The van der Waals surface area contributed by atoms with Gasteiger partial charge in [-0.25, -0.2) is 4.79 Å². The summed E-state index contributed by atoms with van der Waals surface area (Å²) in [5.74, 6) is 3.05. The van der Waals surface area contributed by atoms with Gasteiger partial charge in [-0.05, 0) is 24.1 Å². The van der Waals surface area contributed by atoms with E-state index in [4.69, 9.17) is 11.2 Å². The second kappa shape index (κ2) is 10.0. The maximum atomic E-state index is 12.1. The van der Waals surface area contributed by atoms with E-state index in [2.05, 4.69) is 16.6 Å². The molecule has 0 aliphatic heterocycles. The molecule has 0 bridgehead atoms. The minimum absolute atomic E-state index is 0.0576. The van der Waals surface area contributed by atoms with Crippen molar-refractivity contribution in [1.82, 2.24) is 5.32 Å². The Labute approximate surface area is 148 Å². The van der Waals surface area contributed by atoms with E-state index in [1.54, 1.807) is 24.3 Å². The molecule has 5 heteroatoms. The Hall–Kier alpha value is -2.97. The third-order valence-corrected chi connectivity index (χ3v) is 3.67. The molecule has 2 amide bonds. The first-order valence-corrected chi connectivity index (χ1v) is 8.10. The summed E-state index contributed by atoms with van der Waals surface area (Å²) < 4.78 is 5.33. The lowest BCUT2D eigenvalue weighted by atomic mass is 9.96. The van der Waals surface area contributed by atoms with E-state index in [-0.39, 0.29) is 25.2 Å². The largest absolute Gasteiger partial charge is 0.481 e. The van der Waals surface area contributed by atoms with Crippen LogP contribution in [0.3, 0.4) is 0 Å². The van der Waals surface area contributed by atoms with Crippen LogP contribution in [0.4, 0.5) is 10.5 Å². The number of nitrogens with one attached hydrogen (secondary N) is 2. The molecule has 0 saturated carbocycles. The van der Waals surface area contributed by atoms with Crippen molar-refractivity contribution in [2.45, 2.75) is 12.3 Å². The Morgan fingerprint density at radius 3 is 2.72 bits per heavy atom. The molecule has 130 valence electrons. The Kier molecular flexibility index (Phi) is 7.36. The van der Waals surface area contributed by atoms with Gasteiger partial charge in [0.2, 0.25) is 0 Å². The van der Waals surface area contributed by atoms with E-state index in [0.717, 1.165) is 5.56 Å². The lowest BCUT2D eigenvalue weighted by Gasteiger charge is -2.17. The third kappa shape index (κ3) is 6.21. The molecular weight excluding hydrogens is 316 g/mol. The highest BCUT2D eigenvalue weighted by atomic mass is 16.5. The number of amides is 2. The van der Waals surface area contributed by atoms with Crippen LogP contribution in [0.2, 0.25) is 0 Å². The van der Waals surface area contributed by atoms with Gasteiger partial charge < -0.3 is 20.5 Å². The lowest BCUT2D eigenvalue weighted by Crippen LogP contribution is -2.32. The van der Waals surface area contributed by atoms with Gasteiger partial charge >= 0.3 is 6.03 Å². The molecule has 25 heavy (non-hydrogen) atoms. The summed E-state index contributed by atoms with van der Waals surface area (Å²) >= 11 is 0. The minimum atomic E-state index is -0.312. The van der Waals surface area contributed by atoms with Crippen molar-refractivity contribution in [3.63, 3.8) is 0 Å². The van der Waals surface area contributed by atoms with E-state index >= 15 is 0 Å². The Bertz CT molecular complexity index is 710. The molecule has 0 fully saturated rings. The van der Waals surface area contributed by atoms with Crippen LogP contribution >= 0.6 is 0 Å². The first kappa shape index (κ1) is 18.4. The quantitative estimate of drug-likeness (QED) is 0.648. The number of hydrogen-bond donors (Lipinski definition) is 3. The molecule has 2 aromatic rings. The van der Waals surface area contributed by atoms with Crippen LogP contribution in [0.1, 0.15) is 17.9 Å². The highest BCUT2D eigenvalue weighted by Crippen LogP contribution is 2.19. The number of hydrogen-bond acceptors (Lipinski definition) is 3. The number of aliphatic hydroxyl groups is 1. The average Bonchev–Trinajstić information content (AvgIpc) is 2.64. The Balaban J connectivity index is 1.90. The number of rotatable bonds is 8. The molecule has 2 aromatic carbocycles. The van der Waals surface area contributed by atoms with Gasteiger partial charge in [0.25, 0.3) is 0 Å². The van der Waals surface area contributed by atoms with Crippen molar-refractivity contribution in [3.05, 3.63) is 60.2 Å². The molecule has 0 aliphatic carbocycles. The predicted octanol–water partition coefficient (Wildman–Crippen LogP) is 2.99. The van der Waals surface area contributed by atoms with Crippen molar-refractivity contribution in [1.29, 1.82) is 0 Å². The zero-order chi connectivity index (χ0) is 17.9. The summed E-state index contributed by atoms with van der Waals surface area (Å²) in [5.41, 5.74) is 1.70. The Morgan fingerprint density at radius 1 is 1.20 bits per heavy atom. The molecule has 1 unspecified atom stereocenters. The zero-order valence-electron chi connectivity index (χ0n) is 13.9. The fourth-order valence-electron chi connectivity index (χ4n) is 2.45. The average molecular weight is 338 g/mol. The van der Waals surface area contributed by atoms with Gasteiger partial charge in [-0.15, -0.1) is 6.42 Å². The molecule has 5 nitrogen and oxygen atoms in total. The first-order chi connectivity index (χ1) is 12.2. The molecule has 2 rings (SSSR count). The smallest absolute Gasteiger partial charge is 0.319 e.